The van der Waals surface area contributed by atoms with Gasteiger partial charge in [-0.25, -0.2) is 9.97 Å². The Bertz CT molecular complexity index is 373. The number of hydrogen-bond acceptors (Lipinski definition) is 4. The van der Waals surface area contributed by atoms with E-state index in [1.807, 2.05) is 20.0 Å². The van der Waals surface area contributed by atoms with E-state index in [1.165, 1.54) is 0 Å². The third-order valence-corrected chi connectivity index (χ3v) is 3.19. The Morgan fingerprint density at radius 3 is 2.47 bits per heavy atom. The number of ether oxygens (including phenoxy) is 1. The third-order valence-electron chi connectivity index (χ3n) is 3.19. The van der Waals surface area contributed by atoms with E-state index < -0.39 is 5.60 Å². The largest absolute Gasteiger partial charge is 0.373 e. The van der Waals surface area contributed by atoms with Crippen molar-refractivity contribution in [3.05, 3.63) is 17.6 Å². The summed E-state index contributed by atoms with van der Waals surface area (Å²) in [7, 11) is 3.57. The molecule has 0 fully saturated rings. The lowest BCUT2D eigenvalue weighted by Gasteiger charge is -2.26. The van der Waals surface area contributed by atoms with Gasteiger partial charge < -0.3 is 10.1 Å². The molecule has 17 heavy (non-hydrogen) atoms. The Labute approximate surface area is 104 Å². The summed E-state index contributed by atoms with van der Waals surface area (Å²) in [6, 6.07) is 1.99. The minimum atomic E-state index is -0.420. The first-order valence-corrected chi connectivity index (χ1v) is 6.09. The first-order valence-electron chi connectivity index (χ1n) is 6.09. The molecular weight excluding hydrogens is 214 g/mol. The normalized spacial score (nSPS) is 14.8. The van der Waals surface area contributed by atoms with Crippen LogP contribution in [0.25, 0.3) is 0 Å². The number of aromatic nitrogens is 2. The lowest BCUT2D eigenvalue weighted by atomic mass is 10.0. The number of anilines is 1. The molecular formula is C13H23N3O. The molecule has 4 nitrogen and oxygen atoms in total. The predicted octanol–water partition coefficient (Wildman–Crippen LogP) is 2.91. The molecule has 0 aliphatic rings. The third kappa shape index (κ3) is 2.94. The second-order valence-corrected chi connectivity index (χ2v) is 4.69. The van der Waals surface area contributed by atoms with Crippen LogP contribution in [0.3, 0.4) is 0 Å². The highest BCUT2D eigenvalue weighted by atomic mass is 16.5. The van der Waals surface area contributed by atoms with Crippen LogP contribution in [0.15, 0.2) is 6.07 Å². The van der Waals surface area contributed by atoms with Gasteiger partial charge in [0.05, 0.1) is 0 Å². The summed E-state index contributed by atoms with van der Waals surface area (Å²) in [4.78, 5) is 9.12. The maximum Gasteiger partial charge on any atom is 0.162 e. The van der Waals surface area contributed by atoms with Gasteiger partial charge in [0.1, 0.15) is 11.4 Å². The number of nitrogens with one attached hydrogen (secondary N) is 1. The Kier molecular flexibility index (Phi) is 4.46. The molecule has 1 unspecified atom stereocenters. The van der Waals surface area contributed by atoms with Crippen molar-refractivity contribution in [2.45, 2.75) is 45.6 Å². The van der Waals surface area contributed by atoms with Gasteiger partial charge in [-0.15, -0.1) is 0 Å². The van der Waals surface area contributed by atoms with E-state index in [-0.39, 0.29) is 0 Å². The van der Waals surface area contributed by atoms with Crippen LogP contribution in [0.5, 0.6) is 0 Å². The van der Waals surface area contributed by atoms with E-state index >= 15 is 0 Å². The molecule has 0 amide bonds. The highest BCUT2D eigenvalue weighted by molar-refractivity contribution is 5.36. The van der Waals surface area contributed by atoms with Gasteiger partial charge in [0, 0.05) is 25.9 Å². The summed E-state index contributed by atoms with van der Waals surface area (Å²) in [6.07, 6.45) is 0.841. The maximum atomic E-state index is 5.55. The molecule has 1 aromatic rings. The van der Waals surface area contributed by atoms with Gasteiger partial charge in [-0.2, -0.15) is 0 Å². The molecule has 1 heterocycles. The lowest BCUT2D eigenvalue weighted by Crippen LogP contribution is -2.27. The van der Waals surface area contributed by atoms with Crippen LogP contribution in [0.4, 0.5) is 5.82 Å². The molecule has 4 heteroatoms. The van der Waals surface area contributed by atoms with Crippen molar-refractivity contribution in [3.8, 4) is 0 Å². The highest BCUT2D eigenvalue weighted by Crippen LogP contribution is 2.27. The Hall–Kier alpha value is -1.16. The summed E-state index contributed by atoms with van der Waals surface area (Å²) in [5.74, 6) is 1.97. The van der Waals surface area contributed by atoms with Crippen molar-refractivity contribution in [1.29, 1.82) is 0 Å². The Morgan fingerprint density at radius 1 is 1.41 bits per heavy atom. The highest BCUT2D eigenvalue weighted by Gasteiger charge is 2.28. The standard InChI is InChI=1S/C13H23N3O/c1-7-13(4,17-6)12-15-10(9(2)3)8-11(14-5)16-12/h8-9H,7H2,1-6H3,(H,14,15,16). The summed E-state index contributed by atoms with van der Waals surface area (Å²) < 4.78 is 5.55. The average Bonchev–Trinajstić information content (AvgIpc) is 2.37. The molecule has 1 N–H and O–H groups in total. The van der Waals surface area contributed by atoms with Crippen molar-refractivity contribution in [1.82, 2.24) is 9.97 Å². The van der Waals surface area contributed by atoms with Crippen LogP contribution in [0, 0.1) is 0 Å². The predicted molar refractivity (Wildman–Crippen MR) is 70.3 cm³/mol. The van der Waals surface area contributed by atoms with Crippen LogP contribution in [0.1, 0.15) is 51.6 Å². The molecule has 0 saturated carbocycles. The zero-order chi connectivity index (χ0) is 13.1. The fourth-order valence-electron chi connectivity index (χ4n) is 1.52. The van der Waals surface area contributed by atoms with Crippen LogP contribution < -0.4 is 5.32 Å². The molecule has 0 radical (unpaired) electrons. The van der Waals surface area contributed by atoms with Crippen molar-refractivity contribution >= 4 is 5.82 Å². The number of methoxy groups -OCH3 is 1. The molecule has 1 rings (SSSR count). The van der Waals surface area contributed by atoms with Gasteiger partial charge in [0.15, 0.2) is 5.82 Å². The van der Waals surface area contributed by atoms with Gasteiger partial charge in [0.25, 0.3) is 0 Å². The van der Waals surface area contributed by atoms with Gasteiger partial charge in [-0.05, 0) is 19.3 Å². The zero-order valence-electron chi connectivity index (χ0n) is 11.7. The molecule has 0 aliphatic carbocycles. The topological polar surface area (TPSA) is 47.0 Å². The first-order chi connectivity index (χ1) is 7.96. The minimum Gasteiger partial charge on any atom is -0.373 e. The van der Waals surface area contributed by atoms with Gasteiger partial charge in [-0.3, -0.25) is 0 Å². The second-order valence-electron chi connectivity index (χ2n) is 4.69. The monoisotopic (exact) mass is 237 g/mol. The Balaban J connectivity index is 3.28. The second kappa shape index (κ2) is 5.45. The van der Waals surface area contributed by atoms with E-state index in [4.69, 9.17) is 4.74 Å². The van der Waals surface area contributed by atoms with E-state index in [1.54, 1.807) is 7.11 Å². The fourth-order valence-corrected chi connectivity index (χ4v) is 1.52. The summed E-state index contributed by atoms with van der Waals surface area (Å²) >= 11 is 0. The van der Waals surface area contributed by atoms with E-state index in [9.17, 15) is 0 Å². The van der Waals surface area contributed by atoms with Gasteiger partial charge >= 0.3 is 0 Å². The SMILES string of the molecule is CCC(C)(OC)c1nc(NC)cc(C(C)C)n1. The van der Waals surface area contributed by atoms with Crippen molar-refractivity contribution in [2.24, 2.45) is 0 Å². The summed E-state index contributed by atoms with van der Waals surface area (Å²) in [6.45, 7) is 8.35. The van der Waals surface area contributed by atoms with Crippen molar-refractivity contribution < 1.29 is 4.74 Å². The number of nitrogens with zero attached hydrogens (tertiary/aromatic N) is 2. The van der Waals surface area contributed by atoms with E-state index in [2.05, 4.69) is 36.1 Å². The van der Waals surface area contributed by atoms with Gasteiger partial charge in [-0.1, -0.05) is 20.8 Å². The molecule has 1 atom stereocenters. The molecule has 0 spiro atoms. The summed E-state index contributed by atoms with van der Waals surface area (Å²) in [5, 5.41) is 3.08. The molecule has 0 bridgehead atoms. The van der Waals surface area contributed by atoms with E-state index in [0.717, 1.165) is 23.8 Å². The smallest absolute Gasteiger partial charge is 0.162 e. The van der Waals surface area contributed by atoms with Crippen LogP contribution >= 0.6 is 0 Å². The van der Waals surface area contributed by atoms with Crippen LogP contribution in [-0.4, -0.2) is 24.1 Å². The number of rotatable bonds is 5. The quantitative estimate of drug-likeness (QED) is 0.855. The molecule has 0 aliphatic heterocycles. The summed E-state index contributed by atoms with van der Waals surface area (Å²) in [5.41, 5.74) is 0.618. The molecule has 0 saturated heterocycles. The first kappa shape index (κ1) is 13.9. The average molecular weight is 237 g/mol. The molecule has 0 aromatic carbocycles. The van der Waals surface area contributed by atoms with Crippen molar-refractivity contribution in [2.75, 3.05) is 19.5 Å². The molecule has 1 aromatic heterocycles. The fraction of sp³-hybridized carbons (Fsp3) is 0.692. The maximum absolute atomic E-state index is 5.55. The van der Waals surface area contributed by atoms with Crippen LogP contribution in [-0.2, 0) is 10.3 Å². The van der Waals surface area contributed by atoms with Gasteiger partial charge in [0.2, 0.25) is 0 Å². The lowest BCUT2D eigenvalue weighted by molar-refractivity contribution is -0.00906. The number of hydrogen-bond donors (Lipinski definition) is 1. The van der Waals surface area contributed by atoms with Crippen LogP contribution in [0.2, 0.25) is 0 Å². The van der Waals surface area contributed by atoms with E-state index in [0.29, 0.717) is 5.92 Å². The molecule has 96 valence electrons. The minimum absolute atomic E-state index is 0.377. The Morgan fingerprint density at radius 2 is 2.06 bits per heavy atom. The van der Waals surface area contributed by atoms with Crippen molar-refractivity contribution in [3.63, 3.8) is 0 Å². The zero-order valence-corrected chi connectivity index (χ0v) is 11.7.